The van der Waals surface area contributed by atoms with E-state index in [1.165, 1.54) is 12.1 Å². The molecule has 0 fully saturated rings. The number of nitro groups is 1. The quantitative estimate of drug-likeness (QED) is 0.616. The van der Waals surface area contributed by atoms with E-state index >= 15 is 0 Å². The van der Waals surface area contributed by atoms with Gasteiger partial charge < -0.3 is 5.11 Å². The van der Waals surface area contributed by atoms with Crippen LogP contribution in [-0.2, 0) is 16.6 Å². The molecule has 1 rings (SSSR count). The summed E-state index contributed by atoms with van der Waals surface area (Å²) in [6.45, 7) is 3.95. The topological polar surface area (TPSA) is 97.5 Å². The monoisotopic (exact) mass is 299 g/mol. The van der Waals surface area contributed by atoms with Gasteiger partial charge in [0.15, 0.2) is 0 Å². The summed E-state index contributed by atoms with van der Waals surface area (Å²) < 4.78 is 12.0. The molecule has 1 N–H and O–H groups in total. The maximum atomic E-state index is 12.0. The maximum Gasteiger partial charge on any atom is 0.343 e. The molecule has 1 aromatic carbocycles. The van der Waals surface area contributed by atoms with Crippen LogP contribution < -0.4 is 0 Å². The van der Waals surface area contributed by atoms with Gasteiger partial charge in [0.1, 0.15) is 5.56 Å². The molecule has 0 spiro atoms. The first-order chi connectivity index (χ1) is 9.36. The molecule has 0 saturated heterocycles. The number of carbonyl (C=O) groups is 1. The second-order valence-corrected chi connectivity index (χ2v) is 6.14. The summed E-state index contributed by atoms with van der Waals surface area (Å²) in [5.41, 5.74) is -0.584. The van der Waals surface area contributed by atoms with Crippen LogP contribution in [0, 0.1) is 16.0 Å². The van der Waals surface area contributed by atoms with Crippen molar-refractivity contribution in [1.82, 2.24) is 0 Å². The highest BCUT2D eigenvalue weighted by atomic mass is 32.2. The van der Waals surface area contributed by atoms with Gasteiger partial charge in [-0.1, -0.05) is 32.4 Å². The molecule has 0 aliphatic rings. The Kier molecular flexibility index (Phi) is 5.82. The molecule has 110 valence electrons. The minimum Gasteiger partial charge on any atom is -0.477 e. The van der Waals surface area contributed by atoms with E-state index < -0.39 is 27.4 Å². The lowest BCUT2D eigenvalue weighted by Gasteiger charge is -2.10. The fourth-order valence-corrected chi connectivity index (χ4v) is 3.35. The van der Waals surface area contributed by atoms with Gasteiger partial charge in [-0.25, -0.2) is 4.79 Å². The van der Waals surface area contributed by atoms with Gasteiger partial charge in [-0.15, -0.1) is 0 Å². The number of nitrogens with zero attached hydrogens (tertiary/aromatic N) is 1. The van der Waals surface area contributed by atoms with E-state index in [1.807, 2.05) is 13.8 Å². The van der Waals surface area contributed by atoms with Crippen molar-refractivity contribution in [3.05, 3.63) is 39.4 Å². The normalized spacial score (nSPS) is 13.7. The number of carboxylic acids is 1. The van der Waals surface area contributed by atoms with E-state index in [4.69, 9.17) is 5.11 Å². The van der Waals surface area contributed by atoms with Crippen LogP contribution in [0.1, 0.15) is 36.2 Å². The molecule has 7 heteroatoms. The Morgan fingerprint density at radius 2 is 2.15 bits per heavy atom. The van der Waals surface area contributed by atoms with Gasteiger partial charge in [0, 0.05) is 28.4 Å². The minimum absolute atomic E-state index is 0.0215. The molecule has 0 saturated carbocycles. The molecule has 20 heavy (non-hydrogen) atoms. The summed E-state index contributed by atoms with van der Waals surface area (Å²) in [4.78, 5) is 21.3. The summed E-state index contributed by atoms with van der Waals surface area (Å²) >= 11 is 0. The van der Waals surface area contributed by atoms with E-state index in [1.54, 1.807) is 0 Å². The number of hydrogen-bond donors (Lipinski definition) is 1. The predicted octanol–water partition coefficient (Wildman–Crippen LogP) is 2.59. The van der Waals surface area contributed by atoms with Crippen LogP contribution in [0.3, 0.4) is 0 Å². The van der Waals surface area contributed by atoms with Crippen LogP contribution in [0.15, 0.2) is 18.2 Å². The smallest absolute Gasteiger partial charge is 0.343 e. The summed E-state index contributed by atoms with van der Waals surface area (Å²) in [7, 11) is -1.24. The molecule has 1 aromatic rings. The molecular formula is C13H17NO5S. The van der Waals surface area contributed by atoms with Crippen molar-refractivity contribution >= 4 is 22.5 Å². The largest absolute Gasteiger partial charge is 0.477 e. The standard InChI is InChI=1S/C13H17NO5S/c1-3-9(2)7-20(19)8-10-5-4-6-11(14(17)18)12(10)13(15)16/h4-6,9H,3,7-8H2,1-2H3,(H,15,16). The zero-order valence-electron chi connectivity index (χ0n) is 11.4. The van der Waals surface area contributed by atoms with Crippen LogP contribution in [0.25, 0.3) is 0 Å². The highest BCUT2D eigenvalue weighted by molar-refractivity contribution is 7.84. The maximum absolute atomic E-state index is 12.0. The zero-order valence-corrected chi connectivity index (χ0v) is 12.2. The van der Waals surface area contributed by atoms with Crippen LogP contribution in [0.4, 0.5) is 5.69 Å². The number of rotatable bonds is 7. The molecule has 0 aliphatic carbocycles. The van der Waals surface area contributed by atoms with Gasteiger partial charge in [-0.3, -0.25) is 14.3 Å². The molecule has 0 aromatic heterocycles. The van der Waals surface area contributed by atoms with Crippen molar-refractivity contribution in [1.29, 1.82) is 0 Å². The van der Waals surface area contributed by atoms with E-state index in [-0.39, 0.29) is 22.8 Å². The van der Waals surface area contributed by atoms with Crippen molar-refractivity contribution in [2.75, 3.05) is 5.75 Å². The van der Waals surface area contributed by atoms with E-state index in [0.717, 1.165) is 12.5 Å². The Bertz CT molecular complexity index is 544. The number of benzene rings is 1. The van der Waals surface area contributed by atoms with Crippen LogP contribution in [0.2, 0.25) is 0 Å². The van der Waals surface area contributed by atoms with Crippen molar-refractivity contribution in [3.8, 4) is 0 Å². The molecule has 0 radical (unpaired) electrons. The average Bonchev–Trinajstić information content (AvgIpc) is 2.37. The molecule has 6 nitrogen and oxygen atoms in total. The van der Waals surface area contributed by atoms with Crippen LogP contribution in [-0.4, -0.2) is 26.0 Å². The number of hydrogen-bond acceptors (Lipinski definition) is 4. The second kappa shape index (κ2) is 7.14. The lowest BCUT2D eigenvalue weighted by molar-refractivity contribution is -0.385. The first-order valence-corrected chi connectivity index (χ1v) is 7.70. The molecular weight excluding hydrogens is 282 g/mol. The fourth-order valence-electron chi connectivity index (χ4n) is 1.77. The number of aromatic carboxylic acids is 1. The lowest BCUT2D eigenvalue weighted by atomic mass is 10.1. The highest BCUT2D eigenvalue weighted by Crippen LogP contribution is 2.24. The third kappa shape index (κ3) is 4.12. The third-order valence-corrected chi connectivity index (χ3v) is 4.60. The van der Waals surface area contributed by atoms with Gasteiger partial charge in [-0.2, -0.15) is 0 Å². The second-order valence-electron chi connectivity index (χ2n) is 4.64. The third-order valence-electron chi connectivity index (χ3n) is 3.02. The molecule has 0 aliphatic heterocycles. The predicted molar refractivity (Wildman–Crippen MR) is 76.2 cm³/mol. The molecule has 0 bridgehead atoms. The Labute approximate surface area is 119 Å². The van der Waals surface area contributed by atoms with E-state index in [2.05, 4.69) is 0 Å². The van der Waals surface area contributed by atoms with Crippen molar-refractivity contribution in [2.24, 2.45) is 5.92 Å². The number of carboxylic acid groups (broad SMARTS) is 1. The number of nitro benzene ring substituents is 1. The van der Waals surface area contributed by atoms with Crippen molar-refractivity contribution in [2.45, 2.75) is 26.0 Å². The van der Waals surface area contributed by atoms with Crippen molar-refractivity contribution < 1.29 is 19.0 Å². The van der Waals surface area contributed by atoms with Gasteiger partial charge in [0.05, 0.1) is 4.92 Å². The van der Waals surface area contributed by atoms with Gasteiger partial charge in [0.25, 0.3) is 5.69 Å². The molecule has 0 amide bonds. The molecule has 2 atom stereocenters. The Morgan fingerprint density at radius 3 is 2.65 bits per heavy atom. The van der Waals surface area contributed by atoms with E-state index in [9.17, 15) is 19.1 Å². The van der Waals surface area contributed by atoms with Crippen LogP contribution in [0.5, 0.6) is 0 Å². The summed E-state index contributed by atoms with van der Waals surface area (Å²) in [5.74, 6) is -0.623. The summed E-state index contributed by atoms with van der Waals surface area (Å²) in [5, 5.41) is 20.0. The van der Waals surface area contributed by atoms with Crippen LogP contribution >= 0.6 is 0 Å². The Morgan fingerprint density at radius 1 is 1.50 bits per heavy atom. The average molecular weight is 299 g/mol. The van der Waals surface area contributed by atoms with Gasteiger partial charge >= 0.3 is 5.97 Å². The van der Waals surface area contributed by atoms with Crippen molar-refractivity contribution in [3.63, 3.8) is 0 Å². The minimum atomic E-state index is -1.37. The first kappa shape index (κ1) is 16.3. The summed E-state index contributed by atoms with van der Waals surface area (Å²) in [6, 6.07) is 4.04. The zero-order chi connectivity index (χ0) is 15.3. The fraction of sp³-hybridized carbons (Fsp3) is 0.462. The van der Waals surface area contributed by atoms with E-state index in [0.29, 0.717) is 5.75 Å². The molecule has 0 heterocycles. The Hall–Kier alpha value is -1.76. The summed E-state index contributed by atoms with van der Waals surface area (Å²) in [6.07, 6.45) is 0.881. The highest BCUT2D eigenvalue weighted by Gasteiger charge is 2.24. The SMILES string of the molecule is CCC(C)CS(=O)Cc1cccc([N+](=O)[O-])c1C(=O)O. The lowest BCUT2D eigenvalue weighted by Crippen LogP contribution is -2.12. The Balaban J connectivity index is 3.06. The first-order valence-electron chi connectivity index (χ1n) is 6.21. The van der Waals surface area contributed by atoms with Gasteiger partial charge in [0.2, 0.25) is 0 Å². The molecule has 2 unspecified atom stereocenters. The van der Waals surface area contributed by atoms with Gasteiger partial charge in [-0.05, 0) is 11.5 Å².